The highest BCUT2D eigenvalue weighted by Gasteiger charge is 2.59. The lowest BCUT2D eigenvalue weighted by molar-refractivity contribution is -0.176. The average molecular weight is 1030 g/mol. The molecule has 410 valence electrons. The number of nitrogens with one attached hydrogen (secondary N) is 7. The van der Waals surface area contributed by atoms with Gasteiger partial charge in [0, 0.05) is 61.1 Å². The number of nitrogens with zero attached hydrogens (tertiary/aromatic N) is 1. The van der Waals surface area contributed by atoms with Crippen LogP contribution in [-0.2, 0) is 19.0 Å². The zero-order chi connectivity index (χ0) is 51.5. The summed E-state index contributed by atoms with van der Waals surface area (Å²) in [5.74, 6) is 0.989. The number of hydrogen-bond donors (Lipinski definition) is 9. The van der Waals surface area contributed by atoms with Crippen molar-refractivity contribution in [1.29, 1.82) is 0 Å². The molecule has 18 atom stereocenters. The Morgan fingerprint density at radius 3 is 2.54 bits per heavy atom. The molecule has 5 aliphatic heterocycles. The zero-order valence-electron chi connectivity index (χ0n) is 45.7. The highest BCUT2D eigenvalue weighted by Crippen LogP contribution is 2.56. The average Bonchev–Trinajstić information content (AvgIpc) is 3.71. The van der Waals surface area contributed by atoms with Crippen LogP contribution < -0.4 is 37.2 Å². The van der Waals surface area contributed by atoms with E-state index in [1.54, 1.807) is 0 Å². The molecular formula is C56H97FN8O6S. The number of rotatable bonds is 26. The third-order valence-corrected chi connectivity index (χ3v) is 20.5. The highest BCUT2D eigenvalue weighted by molar-refractivity contribution is 8.04. The Bertz CT molecular complexity index is 1910. The third kappa shape index (κ3) is 12.4. The molecule has 5 heterocycles. The molecule has 0 aromatic rings. The standard InChI is InChI=1S/C56H97FN8O6S/c1-11-15-24-55(8,64-47(66)30-38(12-2)70-14-4)56(9)60-32-41(63-56)36-27-39(57)48-43-28-37-26-35(19-20-42(37)65(43)51(71-44(48)29-36)46-22-21-45(72-46)34-17-18-34)40-31-59-52(61-40)54(7,13-3)23-16-25-58-50(67)49(33(5)6)62-53(68)69-10/h19,22,27,33-34,36-38,40-45,48-53,58-63,67-68H,11-18,20-21,23-26,28-32H2,1-10H3,(H,64,66)/t36-,37+,38-,40?,41-,42+,43?,44?,45?,48-,49+,50-,51?,52+,53?,54-,55-,56?/m1/s1. The number of carbonyl (C=O) groups excluding carboxylic acids is 1. The topological polar surface area (TPSA) is 173 Å². The van der Waals surface area contributed by atoms with Crippen molar-refractivity contribution in [2.24, 2.45) is 35.0 Å². The molecule has 72 heavy (non-hydrogen) atoms. The lowest BCUT2D eigenvalue weighted by Crippen LogP contribution is -2.71. The van der Waals surface area contributed by atoms with Gasteiger partial charge in [0.1, 0.15) is 18.3 Å². The molecule has 1 saturated carbocycles. The maximum absolute atomic E-state index is 17.3. The number of fused-ring (bicyclic) bond motifs is 5. The van der Waals surface area contributed by atoms with Gasteiger partial charge in [-0.1, -0.05) is 72.1 Å². The Morgan fingerprint density at radius 1 is 1.06 bits per heavy atom. The minimum absolute atomic E-state index is 0.00576. The number of allylic oxidation sites excluding steroid dienone is 1. The van der Waals surface area contributed by atoms with Crippen LogP contribution in [0, 0.1) is 35.0 Å². The van der Waals surface area contributed by atoms with Crippen LogP contribution in [0.1, 0.15) is 159 Å². The van der Waals surface area contributed by atoms with E-state index < -0.39 is 23.8 Å². The molecule has 8 aliphatic rings. The van der Waals surface area contributed by atoms with Gasteiger partial charge in [0.15, 0.2) is 0 Å². The van der Waals surface area contributed by atoms with Gasteiger partial charge in [-0.25, -0.2) is 4.39 Å². The molecule has 0 bridgehead atoms. The zero-order valence-corrected chi connectivity index (χ0v) is 46.6. The van der Waals surface area contributed by atoms with Crippen molar-refractivity contribution < 1.29 is 33.6 Å². The van der Waals surface area contributed by atoms with Crippen LogP contribution in [0.15, 0.2) is 34.5 Å². The lowest BCUT2D eigenvalue weighted by Gasteiger charge is -2.51. The number of amides is 1. The second-order valence-corrected chi connectivity index (χ2v) is 25.5. The third-order valence-electron chi connectivity index (χ3n) is 19.0. The summed E-state index contributed by atoms with van der Waals surface area (Å²) in [6.07, 6.45) is 19.0. The van der Waals surface area contributed by atoms with Crippen LogP contribution in [0.4, 0.5) is 4.39 Å². The van der Waals surface area contributed by atoms with Gasteiger partial charge in [0.25, 0.3) is 0 Å². The van der Waals surface area contributed by atoms with Gasteiger partial charge < -0.3 is 29.7 Å². The monoisotopic (exact) mass is 1030 g/mol. The van der Waals surface area contributed by atoms with Gasteiger partial charge in [-0.05, 0) is 140 Å². The van der Waals surface area contributed by atoms with Crippen LogP contribution in [0.2, 0.25) is 0 Å². The molecule has 3 aliphatic carbocycles. The number of aliphatic hydroxyl groups is 2. The van der Waals surface area contributed by atoms with Crippen molar-refractivity contribution in [3.05, 3.63) is 34.5 Å². The van der Waals surface area contributed by atoms with Crippen LogP contribution in [0.25, 0.3) is 0 Å². The molecular weight excluding hydrogens is 932 g/mol. The van der Waals surface area contributed by atoms with Crippen LogP contribution in [0.3, 0.4) is 0 Å². The molecule has 8 rings (SSSR count). The largest absolute Gasteiger partial charge is 0.378 e. The minimum Gasteiger partial charge on any atom is -0.378 e. The summed E-state index contributed by atoms with van der Waals surface area (Å²) in [7, 11) is 1.43. The molecule has 0 aromatic carbocycles. The summed E-state index contributed by atoms with van der Waals surface area (Å²) in [5, 5.41) is 47.0. The van der Waals surface area contributed by atoms with E-state index in [1.165, 1.54) is 30.4 Å². The van der Waals surface area contributed by atoms with E-state index in [9.17, 15) is 15.0 Å². The van der Waals surface area contributed by atoms with Gasteiger partial charge in [-0.2, -0.15) is 0 Å². The Hall–Kier alpha value is -1.51. The Kier molecular flexibility index (Phi) is 19.2. The first kappa shape index (κ1) is 56.7. The summed E-state index contributed by atoms with van der Waals surface area (Å²) in [5.41, 5.74) is 0.338. The van der Waals surface area contributed by atoms with Crippen LogP contribution >= 0.6 is 11.8 Å². The number of aliphatic hydroxyl groups excluding tert-OH is 2. The first-order chi connectivity index (χ1) is 34.5. The molecule has 0 spiro atoms. The molecule has 1 amide bonds. The summed E-state index contributed by atoms with van der Waals surface area (Å²) in [6.45, 7) is 22.1. The number of halogens is 1. The number of methoxy groups -OCH3 is 1. The molecule has 9 N–H and O–H groups in total. The fourth-order valence-corrected chi connectivity index (χ4v) is 15.4. The minimum atomic E-state index is -1.13. The summed E-state index contributed by atoms with van der Waals surface area (Å²) >= 11 is 2.06. The van der Waals surface area contributed by atoms with E-state index in [0.717, 1.165) is 89.5 Å². The summed E-state index contributed by atoms with van der Waals surface area (Å²) in [6, 6.07) is 0.280. The SMILES string of the molecule is CCCC[C@@](C)(NC(=O)C[C@@H](CC)OCC)C1(C)NC[C@H]([C@@H]2C=C(F)[C@H]3C(C2)OC(C2=CCC(C4CC4)S2)N2C3C[C@@H]3CC(C4CN[C@H]([C@](C)(CC)CCCN[C@H](O)[C@@H](NC(O)OC)C(C)C)N4)=CC[C@@H]32)N1. The van der Waals surface area contributed by atoms with Crippen molar-refractivity contribution in [3.63, 3.8) is 0 Å². The fraction of sp³-hybridized carbons (Fsp3) is 0.875. The summed E-state index contributed by atoms with van der Waals surface area (Å²) < 4.78 is 35.6. The normalized spacial score (nSPS) is 37.1. The quantitative estimate of drug-likeness (QED) is 0.0250. The van der Waals surface area contributed by atoms with Gasteiger partial charge in [0.05, 0.1) is 48.0 Å². The maximum atomic E-state index is 17.3. The molecule has 5 fully saturated rings. The van der Waals surface area contributed by atoms with Crippen molar-refractivity contribution >= 4 is 17.7 Å². The smallest absolute Gasteiger partial charge is 0.223 e. The second kappa shape index (κ2) is 24.4. The highest BCUT2D eigenvalue weighted by atomic mass is 32.2. The second-order valence-electron chi connectivity index (χ2n) is 24.2. The Balaban J connectivity index is 0.928. The number of unbranched alkanes of at least 4 members (excludes halogenated alkanes) is 1. The van der Waals surface area contributed by atoms with Gasteiger partial charge in [-0.3, -0.25) is 41.6 Å². The van der Waals surface area contributed by atoms with Crippen molar-refractivity contribution in [3.8, 4) is 0 Å². The number of hydrogen-bond acceptors (Lipinski definition) is 14. The van der Waals surface area contributed by atoms with Crippen molar-refractivity contribution in [2.75, 3.05) is 33.4 Å². The number of carbonyl (C=O) groups is 1. The van der Waals surface area contributed by atoms with Gasteiger partial charge in [0.2, 0.25) is 12.3 Å². The van der Waals surface area contributed by atoms with E-state index in [0.29, 0.717) is 43.3 Å². The number of thioether (sulfide) groups is 1. The number of ether oxygens (including phenoxy) is 3. The van der Waals surface area contributed by atoms with E-state index >= 15 is 4.39 Å². The first-order valence-corrected chi connectivity index (χ1v) is 29.5. The van der Waals surface area contributed by atoms with E-state index in [1.807, 2.05) is 26.8 Å². The van der Waals surface area contributed by atoms with Crippen molar-refractivity contribution in [2.45, 2.75) is 243 Å². The predicted octanol–water partition coefficient (Wildman–Crippen LogP) is 6.86. The predicted molar refractivity (Wildman–Crippen MR) is 286 cm³/mol. The van der Waals surface area contributed by atoms with Gasteiger partial charge in [-0.15, -0.1) is 11.8 Å². The van der Waals surface area contributed by atoms with Crippen molar-refractivity contribution in [1.82, 2.24) is 42.1 Å². The Labute approximate surface area is 437 Å². The van der Waals surface area contributed by atoms with E-state index in [-0.39, 0.29) is 83.7 Å². The molecule has 7 unspecified atom stereocenters. The molecule has 0 aromatic heterocycles. The maximum Gasteiger partial charge on any atom is 0.223 e. The first-order valence-electron chi connectivity index (χ1n) is 28.7. The fourth-order valence-electron chi connectivity index (χ4n) is 13.9. The van der Waals surface area contributed by atoms with E-state index in [2.05, 4.69) is 108 Å². The molecule has 0 radical (unpaired) electrons. The van der Waals surface area contributed by atoms with Gasteiger partial charge >= 0.3 is 0 Å². The molecule has 14 nitrogen and oxygen atoms in total. The van der Waals surface area contributed by atoms with Crippen LogP contribution in [-0.4, -0.2) is 138 Å². The molecule has 16 heteroatoms. The lowest BCUT2D eigenvalue weighted by atomic mass is 9.75. The summed E-state index contributed by atoms with van der Waals surface area (Å²) in [4.78, 5) is 17.6. The Morgan fingerprint density at radius 2 is 1.85 bits per heavy atom. The van der Waals surface area contributed by atoms with E-state index in [4.69, 9.17) is 14.2 Å². The van der Waals surface area contributed by atoms with Crippen LogP contribution in [0.5, 0.6) is 0 Å². The molecule has 4 saturated heterocycles.